The zero-order valence-corrected chi connectivity index (χ0v) is 15.1. The number of likely N-dealkylation sites (tertiary alicyclic amines) is 2. The first-order valence-electron chi connectivity index (χ1n) is 8.58. The summed E-state index contributed by atoms with van der Waals surface area (Å²) in [5.74, 6) is 1.59. The molecule has 0 unspecified atom stereocenters. The molecule has 5 heteroatoms. The fourth-order valence-corrected chi connectivity index (χ4v) is 4.15. The van der Waals surface area contributed by atoms with Gasteiger partial charge in [0.05, 0.1) is 0 Å². The molecule has 0 bridgehead atoms. The van der Waals surface area contributed by atoms with Gasteiger partial charge >= 0.3 is 0 Å². The lowest BCUT2D eigenvalue weighted by atomic mass is 10.0. The molecule has 22 heavy (non-hydrogen) atoms. The third-order valence-corrected chi connectivity index (χ3v) is 5.73. The first kappa shape index (κ1) is 17.6. The normalized spacial score (nSPS) is 23.2. The molecule has 0 aromatic heterocycles. The third-order valence-electron chi connectivity index (χ3n) is 4.37. The summed E-state index contributed by atoms with van der Waals surface area (Å²) in [6.45, 7) is 9.12. The van der Waals surface area contributed by atoms with Gasteiger partial charge in [-0.1, -0.05) is 20.8 Å². The molecule has 0 aliphatic carbocycles. The van der Waals surface area contributed by atoms with E-state index < -0.39 is 0 Å². The van der Waals surface area contributed by atoms with Gasteiger partial charge in [-0.15, -0.1) is 0 Å². The molecule has 2 heterocycles. The molecule has 0 saturated carbocycles. The van der Waals surface area contributed by atoms with Gasteiger partial charge in [0.2, 0.25) is 11.8 Å². The zero-order valence-electron chi connectivity index (χ0n) is 14.3. The van der Waals surface area contributed by atoms with E-state index in [1.165, 1.54) is 0 Å². The van der Waals surface area contributed by atoms with E-state index in [4.69, 9.17) is 0 Å². The van der Waals surface area contributed by atoms with Crippen LogP contribution >= 0.6 is 11.8 Å². The van der Waals surface area contributed by atoms with Crippen LogP contribution < -0.4 is 0 Å². The maximum absolute atomic E-state index is 12.4. The second-order valence-corrected chi connectivity index (χ2v) is 9.31. The van der Waals surface area contributed by atoms with Gasteiger partial charge < -0.3 is 9.80 Å². The largest absolute Gasteiger partial charge is 0.341 e. The fraction of sp³-hybridized carbons (Fsp3) is 0.882. The molecule has 2 aliphatic rings. The Hall–Kier alpha value is -0.710. The Morgan fingerprint density at radius 2 is 2.05 bits per heavy atom. The highest BCUT2D eigenvalue weighted by Gasteiger charge is 2.32. The van der Waals surface area contributed by atoms with Gasteiger partial charge in [0.15, 0.2) is 0 Å². The highest BCUT2D eigenvalue weighted by molar-refractivity contribution is 8.00. The van der Waals surface area contributed by atoms with Crippen LogP contribution in [0.4, 0.5) is 0 Å². The third kappa shape index (κ3) is 5.18. The van der Waals surface area contributed by atoms with Gasteiger partial charge in [0.1, 0.15) is 0 Å². The maximum atomic E-state index is 12.4. The van der Waals surface area contributed by atoms with Crippen LogP contribution in [0.2, 0.25) is 0 Å². The maximum Gasteiger partial charge on any atom is 0.222 e. The molecule has 0 aromatic rings. The van der Waals surface area contributed by atoms with Crippen molar-refractivity contribution in [1.82, 2.24) is 9.80 Å². The lowest BCUT2D eigenvalue weighted by Crippen LogP contribution is -2.50. The van der Waals surface area contributed by atoms with Crippen LogP contribution in [0.3, 0.4) is 0 Å². The first-order valence-corrected chi connectivity index (χ1v) is 9.56. The van der Waals surface area contributed by atoms with Gasteiger partial charge in [0, 0.05) is 43.3 Å². The lowest BCUT2D eigenvalue weighted by Gasteiger charge is -2.37. The summed E-state index contributed by atoms with van der Waals surface area (Å²) in [5, 5.41) is 0. The molecule has 0 N–H and O–H groups in total. The Morgan fingerprint density at radius 1 is 1.27 bits per heavy atom. The summed E-state index contributed by atoms with van der Waals surface area (Å²) in [7, 11) is 0. The molecule has 0 radical (unpaired) electrons. The fourth-order valence-electron chi connectivity index (χ4n) is 3.25. The summed E-state index contributed by atoms with van der Waals surface area (Å²) >= 11 is 1.92. The number of piperidine rings is 1. The molecule has 2 rings (SSSR count). The van der Waals surface area contributed by atoms with Gasteiger partial charge in [-0.25, -0.2) is 0 Å². The number of rotatable bonds is 5. The molecule has 2 fully saturated rings. The Balaban J connectivity index is 1.74. The molecular formula is C17H30N2O2S. The minimum Gasteiger partial charge on any atom is -0.341 e. The molecule has 2 amide bonds. The van der Waals surface area contributed by atoms with Crippen LogP contribution in [-0.4, -0.2) is 57.8 Å². The number of carbonyl (C=O) groups is 2. The molecule has 126 valence electrons. The van der Waals surface area contributed by atoms with Crippen molar-refractivity contribution in [3.8, 4) is 0 Å². The van der Waals surface area contributed by atoms with Crippen LogP contribution in [0.1, 0.15) is 59.3 Å². The van der Waals surface area contributed by atoms with Crippen molar-refractivity contribution in [3.63, 3.8) is 0 Å². The van der Waals surface area contributed by atoms with Crippen molar-refractivity contribution < 1.29 is 9.59 Å². The first-order chi connectivity index (χ1) is 10.4. The molecule has 2 saturated heterocycles. The molecule has 1 atom stereocenters. The smallest absolute Gasteiger partial charge is 0.222 e. The summed E-state index contributed by atoms with van der Waals surface area (Å²) in [4.78, 5) is 28.2. The van der Waals surface area contributed by atoms with Crippen LogP contribution in [0.15, 0.2) is 0 Å². The highest BCUT2D eigenvalue weighted by atomic mass is 32.2. The average molecular weight is 327 g/mol. The van der Waals surface area contributed by atoms with Crippen molar-refractivity contribution in [2.75, 3.05) is 25.4 Å². The summed E-state index contributed by atoms with van der Waals surface area (Å²) in [6, 6.07) is 0.261. The molecule has 4 nitrogen and oxygen atoms in total. The van der Waals surface area contributed by atoms with Gasteiger partial charge in [-0.05, 0) is 31.4 Å². The SMILES string of the molecule is CC(C)(C)SCCCC(=O)N1CCC[C@@H](N2CCCC2=O)C1. The quantitative estimate of drug-likeness (QED) is 0.729. The monoisotopic (exact) mass is 326 g/mol. The molecule has 2 aliphatic heterocycles. The van der Waals surface area contributed by atoms with Crippen molar-refractivity contribution in [2.24, 2.45) is 0 Å². The van der Waals surface area contributed by atoms with Gasteiger partial charge in [0.25, 0.3) is 0 Å². The number of thioether (sulfide) groups is 1. The van der Waals surface area contributed by atoms with E-state index in [-0.39, 0.29) is 22.6 Å². The minimum absolute atomic E-state index is 0.261. The van der Waals surface area contributed by atoms with Crippen molar-refractivity contribution >= 4 is 23.6 Å². The molecule has 0 aromatic carbocycles. The van der Waals surface area contributed by atoms with E-state index in [9.17, 15) is 9.59 Å². The van der Waals surface area contributed by atoms with Crippen LogP contribution in [0.5, 0.6) is 0 Å². The van der Waals surface area contributed by atoms with Gasteiger partial charge in [-0.2, -0.15) is 11.8 Å². The van der Waals surface area contributed by atoms with Gasteiger partial charge in [-0.3, -0.25) is 9.59 Å². The Morgan fingerprint density at radius 3 is 2.68 bits per heavy atom. The summed E-state index contributed by atoms with van der Waals surface area (Å²) in [6.07, 6.45) is 5.34. The number of carbonyl (C=O) groups excluding carboxylic acids is 2. The zero-order chi connectivity index (χ0) is 16.2. The van der Waals surface area contributed by atoms with Crippen LogP contribution in [0.25, 0.3) is 0 Å². The Labute approximate surface area is 139 Å². The van der Waals surface area contributed by atoms with E-state index in [1.54, 1.807) is 0 Å². The Kier molecular flexibility index (Phi) is 6.18. The van der Waals surface area contributed by atoms with E-state index in [0.717, 1.165) is 51.1 Å². The summed E-state index contributed by atoms with van der Waals surface area (Å²) in [5.41, 5.74) is 0. The standard InChI is InChI=1S/C17H30N2O2S/c1-17(2,3)22-12-6-9-15(20)18-10-4-7-14(13-18)19-11-5-8-16(19)21/h14H,4-13H2,1-3H3/t14-/m1/s1. The number of hydrogen-bond acceptors (Lipinski definition) is 3. The molecular weight excluding hydrogens is 296 g/mol. The number of hydrogen-bond donors (Lipinski definition) is 0. The summed E-state index contributed by atoms with van der Waals surface area (Å²) < 4.78 is 0.273. The topological polar surface area (TPSA) is 40.6 Å². The lowest BCUT2D eigenvalue weighted by molar-refractivity contribution is -0.137. The van der Waals surface area contributed by atoms with Crippen molar-refractivity contribution in [2.45, 2.75) is 70.1 Å². The number of amides is 2. The van der Waals surface area contributed by atoms with Crippen molar-refractivity contribution in [1.29, 1.82) is 0 Å². The second kappa shape index (κ2) is 7.71. The van der Waals surface area contributed by atoms with Crippen LogP contribution in [0, 0.1) is 0 Å². The average Bonchev–Trinajstić information content (AvgIpc) is 2.89. The predicted molar refractivity (Wildman–Crippen MR) is 92.0 cm³/mol. The molecule has 0 spiro atoms. The van der Waals surface area contributed by atoms with E-state index in [2.05, 4.69) is 20.8 Å². The minimum atomic E-state index is 0.261. The van der Waals surface area contributed by atoms with E-state index >= 15 is 0 Å². The number of nitrogens with zero attached hydrogens (tertiary/aromatic N) is 2. The Bertz CT molecular complexity index is 406. The van der Waals surface area contributed by atoms with Crippen LogP contribution in [-0.2, 0) is 9.59 Å². The predicted octanol–water partition coefficient (Wildman–Crippen LogP) is 2.91. The van der Waals surface area contributed by atoms with E-state index in [1.807, 2.05) is 21.6 Å². The van der Waals surface area contributed by atoms with E-state index in [0.29, 0.717) is 12.8 Å². The second-order valence-electron chi connectivity index (χ2n) is 7.39. The highest BCUT2D eigenvalue weighted by Crippen LogP contribution is 2.25. The van der Waals surface area contributed by atoms with Crippen molar-refractivity contribution in [3.05, 3.63) is 0 Å².